The van der Waals surface area contributed by atoms with Crippen molar-refractivity contribution in [2.45, 2.75) is 31.0 Å². The van der Waals surface area contributed by atoms with E-state index in [1.165, 1.54) is 12.8 Å². The second-order valence-electron chi connectivity index (χ2n) is 3.52. The molecule has 0 bridgehead atoms. The molecule has 72 valence electrons. The minimum absolute atomic E-state index is 0.323. The van der Waals surface area contributed by atoms with Crippen molar-refractivity contribution in [2.75, 3.05) is 5.75 Å². The van der Waals surface area contributed by atoms with Crippen molar-refractivity contribution in [1.82, 2.24) is 15.2 Å². The van der Waals surface area contributed by atoms with Crippen LogP contribution in [0.2, 0.25) is 0 Å². The van der Waals surface area contributed by atoms with Gasteiger partial charge in [-0.25, -0.2) is 4.98 Å². The third-order valence-corrected chi connectivity index (χ3v) is 3.20. The summed E-state index contributed by atoms with van der Waals surface area (Å²) >= 11 is 1.64. The molecule has 3 N–H and O–H groups in total. The van der Waals surface area contributed by atoms with Gasteiger partial charge in [0.25, 0.3) is 0 Å². The molecule has 1 heterocycles. The number of hydrogen-bond acceptors (Lipinski definition) is 4. The zero-order chi connectivity index (χ0) is 9.26. The zero-order valence-electron chi connectivity index (χ0n) is 7.66. The Kier molecular flexibility index (Phi) is 2.55. The molecule has 0 spiro atoms. The Labute approximate surface area is 81.7 Å². The molecule has 2 rings (SSSR count). The van der Waals surface area contributed by atoms with Gasteiger partial charge in [0.2, 0.25) is 5.16 Å². The van der Waals surface area contributed by atoms with Crippen molar-refractivity contribution in [3.8, 4) is 0 Å². The van der Waals surface area contributed by atoms with E-state index in [1.807, 2.05) is 6.92 Å². The lowest BCUT2D eigenvalue weighted by molar-refractivity contribution is 0.658. The van der Waals surface area contributed by atoms with Gasteiger partial charge in [-0.15, -0.1) is 5.10 Å². The molecule has 0 amide bonds. The Morgan fingerprint density at radius 2 is 2.46 bits per heavy atom. The van der Waals surface area contributed by atoms with Crippen LogP contribution >= 0.6 is 11.8 Å². The molecule has 1 fully saturated rings. The van der Waals surface area contributed by atoms with Gasteiger partial charge in [0.1, 0.15) is 5.82 Å². The first-order valence-electron chi connectivity index (χ1n) is 4.53. The Hall–Kier alpha value is -0.550. The summed E-state index contributed by atoms with van der Waals surface area (Å²) in [6.45, 7) is 1.90. The van der Waals surface area contributed by atoms with Crippen molar-refractivity contribution in [1.29, 1.82) is 0 Å². The molecule has 5 heteroatoms. The molecule has 13 heavy (non-hydrogen) atoms. The van der Waals surface area contributed by atoms with E-state index < -0.39 is 0 Å². The van der Waals surface area contributed by atoms with Gasteiger partial charge >= 0.3 is 0 Å². The first kappa shape index (κ1) is 9.02. The van der Waals surface area contributed by atoms with Gasteiger partial charge in [-0.2, -0.15) is 0 Å². The van der Waals surface area contributed by atoms with E-state index in [0.717, 1.165) is 22.7 Å². The summed E-state index contributed by atoms with van der Waals surface area (Å²) in [4.78, 5) is 4.20. The smallest absolute Gasteiger partial charge is 0.208 e. The maximum atomic E-state index is 5.95. The fourth-order valence-electron chi connectivity index (χ4n) is 1.22. The highest BCUT2D eigenvalue weighted by Crippen LogP contribution is 2.33. The van der Waals surface area contributed by atoms with Crippen LogP contribution in [-0.2, 0) is 0 Å². The molecular weight excluding hydrogens is 184 g/mol. The van der Waals surface area contributed by atoms with Crippen molar-refractivity contribution >= 4 is 11.8 Å². The number of hydrogen-bond donors (Lipinski definition) is 2. The van der Waals surface area contributed by atoms with Gasteiger partial charge in [0.05, 0.1) is 0 Å². The van der Waals surface area contributed by atoms with E-state index in [4.69, 9.17) is 5.73 Å². The number of nitrogens with zero attached hydrogens (tertiary/aromatic N) is 2. The van der Waals surface area contributed by atoms with Crippen LogP contribution in [0.3, 0.4) is 0 Å². The van der Waals surface area contributed by atoms with Crippen LogP contribution in [0.5, 0.6) is 0 Å². The summed E-state index contributed by atoms with van der Waals surface area (Å²) in [5.41, 5.74) is 5.95. The third kappa shape index (κ3) is 2.45. The van der Waals surface area contributed by atoms with E-state index in [9.17, 15) is 0 Å². The van der Waals surface area contributed by atoms with Gasteiger partial charge in [-0.1, -0.05) is 11.8 Å². The average Bonchev–Trinajstić information content (AvgIpc) is 2.87. The monoisotopic (exact) mass is 198 g/mol. The van der Waals surface area contributed by atoms with E-state index >= 15 is 0 Å². The quantitative estimate of drug-likeness (QED) is 0.707. The standard InChI is InChI=1S/C8H14N4S/c1-5-10-8(12-11-5)13-4-7(9)6-2-3-6/h6-7H,2-4,9H2,1H3,(H,10,11,12). The Bertz CT molecular complexity index is 281. The summed E-state index contributed by atoms with van der Waals surface area (Å²) in [7, 11) is 0. The third-order valence-electron chi connectivity index (χ3n) is 2.21. The number of thioether (sulfide) groups is 1. The molecule has 0 radical (unpaired) electrons. The predicted molar refractivity (Wildman–Crippen MR) is 52.5 cm³/mol. The van der Waals surface area contributed by atoms with Crippen molar-refractivity contribution in [3.63, 3.8) is 0 Å². The lowest BCUT2D eigenvalue weighted by Crippen LogP contribution is -2.25. The number of H-pyrrole nitrogens is 1. The largest absolute Gasteiger partial charge is 0.327 e. The first-order chi connectivity index (χ1) is 6.25. The van der Waals surface area contributed by atoms with Crippen LogP contribution in [0.25, 0.3) is 0 Å². The molecule has 1 aromatic rings. The fourth-order valence-corrected chi connectivity index (χ4v) is 2.14. The highest BCUT2D eigenvalue weighted by Gasteiger charge is 2.28. The molecule has 1 aromatic heterocycles. The van der Waals surface area contributed by atoms with Gasteiger partial charge in [0.15, 0.2) is 0 Å². The highest BCUT2D eigenvalue weighted by atomic mass is 32.2. The second kappa shape index (κ2) is 3.67. The Morgan fingerprint density at radius 3 is 3.00 bits per heavy atom. The topological polar surface area (TPSA) is 67.6 Å². The molecule has 1 atom stereocenters. The zero-order valence-corrected chi connectivity index (χ0v) is 8.47. The van der Waals surface area contributed by atoms with Gasteiger partial charge in [-0.05, 0) is 25.7 Å². The van der Waals surface area contributed by atoms with Crippen LogP contribution in [-0.4, -0.2) is 27.0 Å². The van der Waals surface area contributed by atoms with Gasteiger partial charge in [-0.3, -0.25) is 5.10 Å². The summed E-state index contributed by atoms with van der Waals surface area (Å²) in [5, 5.41) is 7.67. The van der Waals surface area contributed by atoms with Crippen molar-refractivity contribution in [3.05, 3.63) is 5.82 Å². The molecule has 1 unspecified atom stereocenters. The molecule has 1 saturated carbocycles. The average molecular weight is 198 g/mol. The van der Waals surface area contributed by atoms with Crippen LogP contribution in [0, 0.1) is 12.8 Å². The highest BCUT2D eigenvalue weighted by molar-refractivity contribution is 7.99. The molecule has 0 aromatic carbocycles. The SMILES string of the molecule is Cc1nc(SCC(N)C2CC2)n[nH]1. The van der Waals surface area contributed by atoms with Gasteiger partial charge < -0.3 is 5.73 Å². The van der Waals surface area contributed by atoms with Gasteiger partial charge in [0, 0.05) is 11.8 Å². The Morgan fingerprint density at radius 1 is 1.69 bits per heavy atom. The number of aryl methyl sites for hydroxylation is 1. The Balaban J connectivity index is 1.78. The van der Waals surface area contributed by atoms with Crippen LogP contribution in [0.15, 0.2) is 5.16 Å². The summed E-state index contributed by atoms with van der Waals surface area (Å²) in [5.74, 6) is 2.55. The summed E-state index contributed by atoms with van der Waals surface area (Å²) in [6.07, 6.45) is 2.60. The molecule has 0 aliphatic heterocycles. The lowest BCUT2D eigenvalue weighted by atomic mass is 10.2. The molecule has 1 aliphatic rings. The summed E-state index contributed by atoms with van der Waals surface area (Å²) < 4.78 is 0. The van der Waals surface area contributed by atoms with E-state index in [-0.39, 0.29) is 0 Å². The number of nitrogens with two attached hydrogens (primary N) is 1. The van der Waals surface area contributed by atoms with Crippen molar-refractivity contribution < 1.29 is 0 Å². The number of nitrogens with one attached hydrogen (secondary N) is 1. The number of rotatable bonds is 4. The van der Waals surface area contributed by atoms with E-state index in [2.05, 4.69) is 15.2 Å². The second-order valence-corrected chi connectivity index (χ2v) is 4.50. The van der Waals surface area contributed by atoms with E-state index in [1.54, 1.807) is 11.8 Å². The minimum Gasteiger partial charge on any atom is -0.327 e. The first-order valence-corrected chi connectivity index (χ1v) is 5.51. The molecule has 0 saturated heterocycles. The predicted octanol–water partition coefficient (Wildman–Crippen LogP) is 0.943. The summed E-state index contributed by atoms with van der Waals surface area (Å²) in [6, 6.07) is 0.323. The number of aromatic nitrogens is 3. The number of aromatic amines is 1. The van der Waals surface area contributed by atoms with Crippen LogP contribution in [0.1, 0.15) is 18.7 Å². The van der Waals surface area contributed by atoms with Crippen LogP contribution in [0.4, 0.5) is 0 Å². The molecule has 4 nitrogen and oxygen atoms in total. The maximum Gasteiger partial charge on any atom is 0.208 e. The van der Waals surface area contributed by atoms with Crippen LogP contribution < -0.4 is 5.73 Å². The lowest BCUT2D eigenvalue weighted by Gasteiger charge is -2.06. The van der Waals surface area contributed by atoms with E-state index in [0.29, 0.717) is 6.04 Å². The minimum atomic E-state index is 0.323. The molecular formula is C8H14N4S. The molecule has 1 aliphatic carbocycles. The maximum absolute atomic E-state index is 5.95. The fraction of sp³-hybridized carbons (Fsp3) is 0.750. The van der Waals surface area contributed by atoms with Crippen molar-refractivity contribution in [2.24, 2.45) is 11.7 Å². The normalized spacial score (nSPS) is 18.9.